The van der Waals surface area contributed by atoms with Gasteiger partial charge in [0.2, 0.25) is 0 Å². The highest BCUT2D eigenvalue weighted by Gasteiger charge is 2.14. The van der Waals surface area contributed by atoms with Crippen LogP contribution in [-0.4, -0.2) is 15.0 Å². The molecule has 9 rings (SSSR count). The molecule has 0 aliphatic heterocycles. The topological polar surface area (TPSA) is 38.7 Å². The number of hydrogen-bond donors (Lipinski definition) is 0. The van der Waals surface area contributed by atoms with E-state index in [2.05, 4.69) is 140 Å². The maximum atomic E-state index is 4.99. The Morgan fingerprint density at radius 3 is 0.979 bits per heavy atom. The molecular formula is C45H29N3. The minimum absolute atomic E-state index is 0.647. The number of aromatic nitrogens is 3. The Bertz CT molecular complexity index is 2540. The number of fused-ring (bicyclic) bond motifs is 6. The lowest BCUT2D eigenvalue weighted by atomic mass is 9.92. The van der Waals surface area contributed by atoms with Crippen LogP contribution in [0.2, 0.25) is 0 Å². The van der Waals surface area contributed by atoms with E-state index in [1.165, 1.54) is 43.4 Å². The lowest BCUT2D eigenvalue weighted by Gasteiger charge is -2.12. The smallest absolute Gasteiger partial charge is 0.164 e. The van der Waals surface area contributed by atoms with E-state index < -0.39 is 0 Å². The van der Waals surface area contributed by atoms with E-state index in [-0.39, 0.29) is 0 Å². The van der Waals surface area contributed by atoms with Crippen LogP contribution in [0.25, 0.3) is 88.7 Å². The first-order valence-corrected chi connectivity index (χ1v) is 16.2. The monoisotopic (exact) mass is 611 g/mol. The van der Waals surface area contributed by atoms with Crippen molar-refractivity contribution in [3.05, 3.63) is 176 Å². The molecule has 0 saturated heterocycles. The molecule has 0 unspecified atom stereocenters. The molecule has 0 N–H and O–H groups in total. The minimum atomic E-state index is 0.647. The highest BCUT2D eigenvalue weighted by molar-refractivity contribution is 6.25. The second-order valence-corrected chi connectivity index (χ2v) is 12.0. The summed E-state index contributed by atoms with van der Waals surface area (Å²) in [4.78, 5) is 14.9. The molecule has 0 radical (unpaired) electrons. The van der Waals surface area contributed by atoms with Gasteiger partial charge in [-0.1, -0.05) is 170 Å². The molecular weight excluding hydrogens is 583 g/mol. The van der Waals surface area contributed by atoms with Gasteiger partial charge in [0.15, 0.2) is 17.5 Å². The van der Waals surface area contributed by atoms with Crippen LogP contribution in [0, 0.1) is 0 Å². The molecule has 0 bridgehead atoms. The molecule has 0 saturated carbocycles. The third kappa shape index (κ3) is 4.99. The first kappa shape index (κ1) is 27.8. The molecule has 8 aromatic carbocycles. The molecule has 1 aromatic heterocycles. The van der Waals surface area contributed by atoms with Crippen LogP contribution in [0.5, 0.6) is 0 Å². The largest absolute Gasteiger partial charge is 0.208 e. The van der Waals surface area contributed by atoms with E-state index in [9.17, 15) is 0 Å². The second-order valence-electron chi connectivity index (χ2n) is 12.0. The van der Waals surface area contributed by atoms with Gasteiger partial charge in [-0.15, -0.1) is 0 Å². The van der Waals surface area contributed by atoms with Gasteiger partial charge in [0, 0.05) is 16.7 Å². The Hall–Kier alpha value is -6.45. The van der Waals surface area contributed by atoms with E-state index in [0.29, 0.717) is 17.5 Å². The molecule has 0 aliphatic rings. The van der Waals surface area contributed by atoms with Crippen molar-refractivity contribution in [2.24, 2.45) is 0 Å². The van der Waals surface area contributed by atoms with E-state index in [0.717, 1.165) is 27.8 Å². The molecule has 0 aliphatic carbocycles. The van der Waals surface area contributed by atoms with Crippen molar-refractivity contribution in [2.45, 2.75) is 0 Å². The number of hydrogen-bond acceptors (Lipinski definition) is 3. The summed E-state index contributed by atoms with van der Waals surface area (Å²) in [7, 11) is 0. The maximum Gasteiger partial charge on any atom is 0.164 e. The Kier molecular flexibility index (Phi) is 6.80. The second kappa shape index (κ2) is 11.7. The van der Waals surface area contributed by atoms with Crippen molar-refractivity contribution in [1.29, 1.82) is 0 Å². The van der Waals surface area contributed by atoms with Gasteiger partial charge in [0.1, 0.15) is 0 Å². The molecule has 48 heavy (non-hydrogen) atoms. The Labute approximate surface area is 278 Å². The quantitative estimate of drug-likeness (QED) is 0.182. The zero-order valence-corrected chi connectivity index (χ0v) is 26.1. The fourth-order valence-electron chi connectivity index (χ4n) is 6.69. The van der Waals surface area contributed by atoms with E-state index in [1.807, 2.05) is 36.4 Å². The van der Waals surface area contributed by atoms with Crippen LogP contribution in [0.1, 0.15) is 0 Å². The highest BCUT2D eigenvalue weighted by atomic mass is 15.0. The van der Waals surface area contributed by atoms with Crippen LogP contribution in [0.15, 0.2) is 176 Å². The predicted octanol–water partition coefficient (Wildman–Crippen LogP) is 11.7. The number of benzene rings is 8. The van der Waals surface area contributed by atoms with Gasteiger partial charge in [0.25, 0.3) is 0 Å². The summed E-state index contributed by atoms with van der Waals surface area (Å²) in [5.74, 6) is 1.95. The van der Waals surface area contributed by atoms with Crippen LogP contribution in [0.3, 0.4) is 0 Å². The van der Waals surface area contributed by atoms with Gasteiger partial charge >= 0.3 is 0 Å². The van der Waals surface area contributed by atoms with Crippen molar-refractivity contribution in [3.63, 3.8) is 0 Å². The molecule has 3 heteroatoms. The molecule has 3 nitrogen and oxygen atoms in total. The van der Waals surface area contributed by atoms with Crippen molar-refractivity contribution < 1.29 is 0 Å². The predicted molar refractivity (Wildman–Crippen MR) is 200 cm³/mol. The molecule has 1 heterocycles. The van der Waals surface area contributed by atoms with Gasteiger partial charge in [-0.3, -0.25) is 0 Å². The lowest BCUT2D eigenvalue weighted by Crippen LogP contribution is -2.00. The number of rotatable bonds is 5. The zero-order valence-electron chi connectivity index (χ0n) is 26.1. The zero-order chi connectivity index (χ0) is 31.9. The molecule has 224 valence electrons. The fourth-order valence-corrected chi connectivity index (χ4v) is 6.69. The Balaban J connectivity index is 1.11. The van der Waals surface area contributed by atoms with Crippen LogP contribution in [-0.2, 0) is 0 Å². The lowest BCUT2D eigenvalue weighted by molar-refractivity contribution is 1.07. The number of nitrogens with zero attached hydrogens (tertiary/aromatic N) is 3. The third-order valence-corrected chi connectivity index (χ3v) is 9.14. The standard InChI is InChI=1S/C45H29N3/c1-3-11-30(12-4-1)31-19-23-34(24-20-31)44-46-43(33-13-5-2-6-14-33)47-45(48-44)35-25-21-32(22-26-35)36-27-28-41-39-17-8-7-15-37(39)38-16-9-10-18-40(38)42(41)29-36/h1-29H. The van der Waals surface area contributed by atoms with Gasteiger partial charge < -0.3 is 0 Å². The molecule has 9 aromatic rings. The Morgan fingerprint density at radius 2 is 0.500 bits per heavy atom. The summed E-state index contributed by atoms with van der Waals surface area (Å²) >= 11 is 0. The first-order valence-electron chi connectivity index (χ1n) is 16.2. The SMILES string of the molecule is c1ccc(-c2ccc(-c3nc(-c4ccccc4)nc(-c4ccc(-c5ccc6c7ccccc7c7ccccc7c6c5)cc4)n3)cc2)cc1. The summed E-state index contributed by atoms with van der Waals surface area (Å²) in [6.45, 7) is 0. The van der Waals surface area contributed by atoms with Crippen LogP contribution in [0.4, 0.5) is 0 Å². The summed E-state index contributed by atoms with van der Waals surface area (Å²) in [5.41, 5.74) is 7.50. The average Bonchev–Trinajstić information content (AvgIpc) is 3.18. The normalized spacial score (nSPS) is 11.3. The average molecular weight is 612 g/mol. The van der Waals surface area contributed by atoms with Gasteiger partial charge in [-0.25, -0.2) is 15.0 Å². The highest BCUT2D eigenvalue weighted by Crippen LogP contribution is 2.37. The first-order chi connectivity index (χ1) is 23.8. The van der Waals surface area contributed by atoms with Gasteiger partial charge in [-0.2, -0.15) is 0 Å². The summed E-state index contributed by atoms with van der Waals surface area (Å²) in [5, 5.41) is 7.65. The van der Waals surface area contributed by atoms with E-state index in [4.69, 9.17) is 15.0 Å². The van der Waals surface area contributed by atoms with Gasteiger partial charge in [-0.05, 0) is 60.6 Å². The van der Waals surface area contributed by atoms with E-state index in [1.54, 1.807) is 0 Å². The minimum Gasteiger partial charge on any atom is -0.208 e. The third-order valence-electron chi connectivity index (χ3n) is 9.14. The summed E-state index contributed by atoms with van der Waals surface area (Å²) < 4.78 is 0. The van der Waals surface area contributed by atoms with Crippen LogP contribution < -0.4 is 0 Å². The van der Waals surface area contributed by atoms with Crippen LogP contribution >= 0.6 is 0 Å². The molecule has 0 fully saturated rings. The Morgan fingerprint density at radius 1 is 0.208 bits per heavy atom. The van der Waals surface area contributed by atoms with E-state index >= 15 is 0 Å². The van der Waals surface area contributed by atoms with Crippen molar-refractivity contribution in [1.82, 2.24) is 15.0 Å². The molecule has 0 amide bonds. The van der Waals surface area contributed by atoms with Crippen molar-refractivity contribution in [2.75, 3.05) is 0 Å². The van der Waals surface area contributed by atoms with Gasteiger partial charge in [0.05, 0.1) is 0 Å². The summed E-state index contributed by atoms with van der Waals surface area (Å²) in [6.07, 6.45) is 0. The molecule has 0 atom stereocenters. The fraction of sp³-hybridized carbons (Fsp3) is 0. The maximum absolute atomic E-state index is 4.99. The molecule has 0 spiro atoms. The van der Waals surface area contributed by atoms with Crippen molar-refractivity contribution in [3.8, 4) is 56.4 Å². The summed E-state index contributed by atoms with van der Waals surface area (Å²) in [6, 6.07) is 61.7. The van der Waals surface area contributed by atoms with Crippen molar-refractivity contribution >= 4 is 32.3 Å².